The number of likely N-dealkylation sites (N-methyl/N-ethyl adjacent to an activating group) is 1. The summed E-state index contributed by atoms with van der Waals surface area (Å²) >= 11 is 1.57. The Labute approximate surface area is 146 Å². The van der Waals surface area contributed by atoms with Gasteiger partial charge in [0.25, 0.3) is 0 Å². The van der Waals surface area contributed by atoms with E-state index in [1.165, 1.54) is 0 Å². The van der Waals surface area contributed by atoms with Crippen LogP contribution in [-0.2, 0) is 4.79 Å². The maximum Gasteiger partial charge on any atom is 0.312 e. The van der Waals surface area contributed by atoms with Crippen molar-refractivity contribution in [1.82, 2.24) is 15.2 Å². The molecule has 0 radical (unpaired) electrons. The van der Waals surface area contributed by atoms with E-state index in [4.69, 9.17) is 5.73 Å². The molecule has 0 aliphatic carbocycles. The Morgan fingerprint density at radius 2 is 2.00 bits per heavy atom. The molecule has 1 heterocycles. The van der Waals surface area contributed by atoms with E-state index in [1.54, 1.807) is 23.3 Å². The number of carbonyl (C=O) groups is 2. The SMILES string of the molecule is CC[C@H](C)[C@H](NC(N)=O)C(=O)N(C)[C@H](C)c1nc2ccccc2s1. The zero-order valence-corrected chi connectivity index (χ0v) is 15.3. The lowest BCUT2D eigenvalue weighted by atomic mass is 9.97. The van der Waals surface area contributed by atoms with Crippen molar-refractivity contribution in [3.8, 4) is 0 Å². The molecule has 24 heavy (non-hydrogen) atoms. The molecule has 0 aliphatic rings. The molecular formula is C17H24N4O2S. The van der Waals surface area contributed by atoms with Gasteiger partial charge >= 0.3 is 6.03 Å². The van der Waals surface area contributed by atoms with Crippen LogP contribution in [0.25, 0.3) is 10.2 Å². The fraction of sp³-hybridized carbons (Fsp3) is 0.471. The van der Waals surface area contributed by atoms with E-state index in [0.29, 0.717) is 0 Å². The second kappa shape index (κ2) is 7.61. The number of aromatic nitrogens is 1. The van der Waals surface area contributed by atoms with Crippen LogP contribution >= 0.6 is 11.3 Å². The van der Waals surface area contributed by atoms with Crippen LogP contribution in [0.15, 0.2) is 24.3 Å². The number of thiazole rings is 1. The van der Waals surface area contributed by atoms with Gasteiger partial charge in [-0.3, -0.25) is 4.79 Å². The maximum absolute atomic E-state index is 12.8. The number of carbonyl (C=O) groups excluding carboxylic acids is 2. The number of fused-ring (bicyclic) bond motifs is 1. The Balaban J connectivity index is 2.22. The van der Waals surface area contributed by atoms with Gasteiger partial charge < -0.3 is 16.0 Å². The maximum atomic E-state index is 12.8. The van der Waals surface area contributed by atoms with Crippen molar-refractivity contribution in [2.75, 3.05) is 7.05 Å². The largest absolute Gasteiger partial charge is 0.352 e. The average molecular weight is 348 g/mol. The molecule has 0 spiro atoms. The number of para-hydroxylation sites is 1. The highest BCUT2D eigenvalue weighted by Crippen LogP contribution is 2.29. The smallest absolute Gasteiger partial charge is 0.312 e. The van der Waals surface area contributed by atoms with Crippen LogP contribution in [0.2, 0.25) is 0 Å². The van der Waals surface area contributed by atoms with Crippen LogP contribution in [0.4, 0.5) is 4.79 Å². The van der Waals surface area contributed by atoms with Crippen LogP contribution < -0.4 is 11.1 Å². The first-order chi connectivity index (χ1) is 11.3. The van der Waals surface area contributed by atoms with Gasteiger partial charge in [0.1, 0.15) is 11.0 Å². The quantitative estimate of drug-likeness (QED) is 0.841. The van der Waals surface area contributed by atoms with Gasteiger partial charge in [-0.15, -0.1) is 11.3 Å². The second-order valence-corrected chi connectivity index (χ2v) is 7.08. The number of hydrogen-bond donors (Lipinski definition) is 2. The summed E-state index contributed by atoms with van der Waals surface area (Å²) in [5.41, 5.74) is 6.16. The molecule has 3 N–H and O–H groups in total. The van der Waals surface area contributed by atoms with Crippen LogP contribution in [0.1, 0.15) is 38.2 Å². The predicted octanol–water partition coefficient (Wildman–Crippen LogP) is 2.90. The van der Waals surface area contributed by atoms with E-state index in [9.17, 15) is 9.59 Å². The van der Waals surface area contributed by atoms with Crippen LogP contribution in [0.3, 0.4) is 0 Å². The van der Waals surface area contributed by atoms with Crippen molar-refractivity contribution in [3.63, 3.8) is 0 Å². The van der Waals surface area contributed by atoms with E-state index < -0.39 is 12.1 Å². The van der Waals surface area contributed by atoms with Gasteiger partial charge in [-0.25, -0.2) is 9.78 Å². The van der Waals surface area contributed by atoms with Crippen LogP contribution in [0.5, 0.6) is 0 Å². The molecule has 0 fully saturated rings. The lowest BCUT2D eigenvalue weighted by Crippen LogP contribution is -2.52. The van der Waals surface area contributed by atoms with Crippen molar-refractivity contribution >= 4 is 33.5 Å². The second-order valence-electron chi connectivity index (χ2n) is 6.02. The summed E-state index contributed by atoms with van der Waals surface area (Å²) in [5, 5.41) is 3.44. The summed E-state index contributed by atoms with van der Waals surface area (Å²) in [7, 11) is 1.73. The standard InChI is InChI=1S/C17H24N4O2S/c1-5-10(2)14(20-17(18)23)16(22)21(4)11(3)15-19-12-8-6-7-9-13(12)24-15/h6-11,14H,5H2,1-4H3,(H3,18,20,23)/t10-,11+,14-/m0/s1. The number of nitrogens with two attached hydrogens (primary N) is 1. The Bertz CT molecular complexity index is 697. The lowest BCUT2D eigenvalue weighted by Gasteiger charge is -2.30. The highest BCUT2D eigenvalue weighted by atomic mass is 32.1. The zero-order chi connectivity index (χ0) is 17.9. The number of primary amides is 1. The predicted molar refractivity (Wildman–Crippen MR) is 96.8 cm³/mol. The van der Waals surface area contributed by atoms with E-state index in [2.05, 4.69) is 10.3 Å². The van der Waals surface area contributed by atoms with Gasteiger partial charge in [0.05, 0.1) is 16.3 Å². The number of benzene rings is 1. The molecule has 1 aromatic heterocycles. The first-order valence-corrected chi connectivity index (χ1v) is 8.84. The summed E-state index contributed by atoms with van der Waals surface area (Å²) in [5.74, 6) is -0.162. The zero-order valence-electron chi connectivity index (χ0n) is 14.4. The topological polar surface area (TPSA) is 88.3 Å². The Morgan fingerprint density at radius 3 is 2.58 bits per heavy atom. The molecule has 7 heteroatoms. The lowest BCUT2D eigenvalue weighted by molar-refractivity contribution is -0.135. The molecule has 0 unspecified atom stereocenters. The van der Waals surface area contributed by atoms with Crippen molar-refractivity contribution in [2.45, 2.75) is 39.3 Å². The van der Waals surface area contributed by atoms with Crippen molar-refractivity contribution in [2.24, 2.45) is 11.7 Å². The summed E-state index contributed by atoms with van der Waals surface area (Å²) in [4.78, 5) is 30.3. The molecule has 6 nitrogen and oxygen atoms in total. The first kappa shape index (κ1) is 18.2. The Hall–Kier alpha value is -2.15. The first-order valence-electron chi connectivity index (χ1n) is 8.03. The molecule has 2 aromatic rings. The van der Waals surface area contributed by atoms with Gasteiger partial charge in [-0.2, -0.15) is 0 Å². The third-order valence-corrected chi connectivity index (χ3v) is 5.58. The van der Waals surface area contributed by atoms with Crippen LogP contribution in [-0.4, -0.2) is 34.9 Å². The minimum Gasteiger partial charge on any atom is -0.352 e. The molecule has 0 saturated carbocycles. The summed E-state index contributed by atoms with van der Waals surface area (Å²) < 4.78 is 1.09. The van der Waals surface area contributed by atoms with Gasteiger partial charge in [0.2, 0.25) is 5.91 Å². The monoisotopic (exact) mass is 348 g/mol. The summed E-state index contributed by atoms with van der Waals surface area (Å²) in [6.45, 7) is 5.84. The fourth-order valence-electron chi connectivity index (χ4n) is 2.48. The average Bonchev–Trinajstić information content (AvgIpc) is 3.00. The molecule has 3 amide bonds. The molecule has 2 rings (SSSR count). The Morgan fingerprint density at radius 1 is 1.33 bits per heavy atom. The molecule has 0 bridgehead atoms. The van der Waals surface area contributed by atoms with Gasteiger partial charge in [0.15, 0.2) is 0 Å². The molecule has 3 atom stereocenters. The Kier molecular flexibility index (Phi) is 5.77. The molecule has 130 valence electrons. The van der Waals surface area contributed by atoms with Crippen molar-refractivity contribution < 1.29 is 9.59 Å². The highest BCUT2D eigenvalue weighted by Gasteiger charge is 2.31. The number of nitrogens with zero attached hydrogens (tertiary/aromatic N) is 2. The third-order valence-electron chi connectivity index (χ3n) is 4.37. The van der Waals surface area contributed by atoms with E-state index in [1.807, 2.05) is 45.0 Å². The minimum atomic E-state index is -0.685. The molecule has 1 aromatic carbocycles. The normalized spacial score (nSPS) is 14.8. The molecule has 0 saturated heterocycles. The number of hydrogen-bond acceptors (Lipinski definition) is 4. The van der Waals surface area contributed by atoms with E-state index >= 15 is 0 Å². The van der Waals surface area contributed by atoms with Gasteiger partial charge in [-0.1, -0.05) is 32.4 Å². The number of rotatable bonds is 6. The van der Waals surface area contributed by atoms with Gasteiger partial charge in [0, 0.05) is 7.05 Å². The number of nitrogens with one attached hydrogen (secondary N) is 1. The summed E-state index contributed by atoms with van der Waals surface area (Å²) in [6.07, 6.45) is 0.764. The van der Waals surface area contributed by atoms with Crippen molar-refractivity contribution in [3.05, 3.63) is 29.3 Å². The number of urea groups is 1. The van der Waals surface area contributed by atoms with E-state index in [0.717, 1.165) is 21.6 Å². The van der Waals surface area contributed by atoms with Crippen LogP contribution in [0, 0.1) is 5.92 Å². The minimum absolute atomic E-state index is 0.00461. The third kappa shape index (κ3) is 3.84. The van der Waals surface area contributed by atoms with Gasteiger partial charge in [-0.05, 0) is 25.0 Å². The summed E-state index contributed by atoms with van der Waals surface area (Å²) in [6, 6.07) is 6.39. The number of amides is 3. The molecule has 0 aliphatic heterocycles. The molecular weight excluding hydrogens is 324 g/mol. The fourth-order valence-corrected chi connectivity index (χ4v) is 3.54. The van der Waals surface area contributed by atoms with Crippen molar-refractivity contribution in [1.29, 1.82) is 0 Å². The van der Waals surface area contributed by atoms with E-state index in [-0.39, 0.29) is 17.9 Å². The highest BCUT2D eigenvalue weighted by molar-refractivity contribution is 7.18.